The predicted molar refractivity (Wildman–Crippen MR) is 165 cm³/mol. The van der Waals surface area contributed by atoms with E-state index in [0.29, 0.717) is 12.8 Å². The van der Waals surface area contributed by atoms with E-state index in [0.717, 1.165) is 5.57 Å². The molecule has 15 nitrogen and oxygen atoms in total. The van der Waals surface area contributed by atoms with Crippen LogP contribution in [0.3, 0.4) is 0 Å². The van der Waals surface area contributed by atoms with Crippen molar-refractivity contribution in [3.05, 3.63) is 23.8 Å². The Morgan fingerprint density at radius 3 is 2.37 bits per heavy atom. The first-order valence-electron chi connectivity index (χ1n) is 17.1. The third-order valence-electron chi connectivity index (χ3n) is 12.9. The summed E-state index contributed by atoms with van der Waals surface area (Å²) in [5.41, 5.74) is -2.55. The summed E-state index contributed by atoms with van der Waals surface area (Å²) in [7, 11) is 0. The van der Waals surface area contributed by atoms with Gasteiger partial charge in [-0.2, -0.15) is 0 Å². The van der Waals surface area contributed by atoms with Gasteiger partial charge in [0.1, 0.15) is 61.5 Å². The Morgan fingerprint density at radius 2 is 1.71 bits per heavy atom. The standard InChI is InChI=1S/C34H50O15/c1-15-8-17-18-5-7-33(45,32(18,3)10-20(39)24(17)31(2)6-4-16(38)9-19(15)31)23(40)13-46-34(14-37)29(44)28(22(12-36)49-34)48-30-27(43)26(42)25(41)21(11-35)47-30/h4,6,9,15,17-18,20-22,24-30,35-37,39,41-45H,5,7-8,10-14H2,1-3H3/t15-,17-,18-,20-,21?,22+,24+,25-,26+,27?,28?,29+,30-,31-,32-,33-,34?/m0/s1. The van der Waals surface area contributed by atoms with Crippen LogP contribution in [0.2, 0.25) is 0 Å². The lowest BCUT2D eigenvalue weighted by Crippen LogP contribution is -2.63. The first-order valence-corrected chi connectivity index (χ1v) is 17.1. The van der Waals surface area contributed by atoms with E-state index >= 15 is 0 Å². The van der Waals surface area contributed by atoms with Crippen molar-refractivity contribution >= 4 is 11.6 Å². The summed E-state index contributed by atoms with van der Waals surface area (Å²) >= 11 is 0. The van der Waals surface area contributed by atoms with E-state index in [1.165, 1.54) is 0 Å². The number of carbonyl (C=O) groups is 2. The van der Waals surface area contributed by atoms with Crippen molar-refractivity contribution < 1.29 is 74.5 Å². The van der Waals surface area contributed by atoms with Crippen LogP contribution >= 0.6 is 0 Å². The summed E-state index contributed by atoms with van der Waals surface area (Å²) in [6.07, 6.45) is -7.54. The molecule has 2 heterocycles. The number of hydrogen-bond acceptors (Lipinski definition) is 15. The number of carbonyl (C=O) groups excluding carboxylic acids is 2. The highest BCUT2D eigenvalue weighted by atomic mass is 16.8. The number of ether oxygens (including phenoxy) is 4. The highest BCUT2D eigenvalue weighted by Crippen LogP contribution is 2.67. The van der Waals surface area contributed by atoms with Crippen LogP contribution in [0.1, 0.15) is 46.5 Å². The minimum absolute atomic E-state index is 0.0467. The highest BCUT2D eigenvalue weighted by molar-refractivity contribution is 6.01. The minimum Gasteiger partial charge on any atom is -0.394 e. The van der Waals surface area contributed by atoms with Gasteiger partial charge in [-0.15, -0.1) is 0 Å². The van der Waals surface area contributed by atoms with E-state index in [2.05, 4.69) is 6.92 Å². The maximum Gasteiger partial charge on any atom is 0.222 e. The van der Waals surface area contributed by atoms with Crippen molar-refractivity contribution in [2.24, 2.45) is 34.5 Å². The van der Waals surface area contributed by atoms with Crippen molar-refractivity contribution in [1.82, 2.24) is 0 Å². The fraction of sp³-hybridized carbons (Fsp3) is 0.824. The molecule has 15 heteroatoms. The van der Waals surface area contributed by atoms with Gasteiger partial charge in [-0.25, -0.2) is 0 Å². The van der Waals surface area contributed by atoms with Crippen LogP contribution in [-0.4, -0.2) is 150 Å². The Hall–Kier alpha value is -1.70. The molecule has 2 aliphatic heterocycles. The zero-order chi connectivity index (χ0) is 35.8. The molecule has 17 atom stereocenters. The van der Waals surface area contributed by atoms with Gasteiger partial charge in [0.05, 0.1) is 19.3 Å². The summed E-state index contributed by atoms with van der Waals surface area (Å²) < 4.78 is 22.5. The third-order valence-corrected chi connectivity index (χ3v) is 12.9. The zero-order valence-electron chi connectivity index (χ0n) is 27.9. The van der Waals surface area contributed by atoms with Gasteiger partial charge in [-0.1, -0.05) is 32.4 Å². The monoisotopic (exact) mass is 698 g/mol. The Bertz CT molecular complexity index is 1350. The molecule has 0 amide bonds. The molecule has 0 bridgehead atoms. The summed E-state index contributed by atoms with van der Waals surface area (Å²) in [6, 6.07) is 0. The van der Waals surface area contributed by atoms with Crippen LogP contribution in [0.4, 0.5) is 0 Å². The lowest BCUT2D eigenvalue weighted by Gasteiger charge is -2.60. The Morgan fingerprint density at radius 1 is 1.02 bits per heavy atom. The molecule has 0 aromatic carbocycles. The van der Waals surface area contributed by atoms with Crippen LogP contribution in [0, 0.1) is 34.5 Å². The summed E-state index contributed by atoms with van der Waals surface area (Å²) in [5.74, 6) is -3.52. The number of aliphatic hydroxyl groups excluding tert-OH is 8. The van der Waals surface area contributed by atoms with E-state index in [-0.39, 0.29) is 42.3 Å². The Balaban J connectivity index is 1.18. The molecule has 3 saturated carbocycles. The van der Waals surface area contributed by atoms with Gasteiger partial charge in [0.15, 0.2) is 17.9 Å². The van der Waals surface area contributed by atoms with E-state index in [4.69, 9.17) is 18.9 Å². The zero-order valence-corrected chi connectivity index (χ0v) is 27.9. The quantitative estimate of drug-likeness (QED) is 0.120. The third kappa shape index (κ3) is 5.52. The molecule has 0 aromatic rings. The lowest BCUT2D eigenvalue weighted by atomic mass is 9.45. The van der Waals surface area contributed by atoms with Gasteiger partial charge < -0.3 is 64.9 Å². The van der Waals surface area contributed by atoms with Crippen molar-refractivity contribution in [2.75, 3.05) is 26.4 Å². The van der Waals surface area contributed by atoms with Crippen LogP contribution in [0.25, 0.3) is 0 Å². The number of Topliss-reactive ketones (excluding diaryl/α,β-unsaturated/α-hetero) is 1. The second-order valence-corrected chi connectivity index (χ2v) is 15.4. The second kappa shape index (κ2) is 13.1. The molecule has 0 aromatic heterocycles. The van der Waals surface area contributed by atoms with E-state index in [1.807, 2.05) is 13.0 Å². The molecular formula is C34H50O15. The topological polar surface area (TPSA) is 253 Å². The van der Waals surface area contributed by atoms with Gasteiger partial charge in [-0.3, -0.25) is 9.59 Å². The van der Waals surface area contributed by atoms with Crippen molar-refractivity contribution in [2.45, 2.75) is 113 Å². The molecule has 4 unspecified atom stereocenters. The van der Waals surface area contributed by atoms with Crippen molar-refractivity contribution in [3.8, 4) is 0 Å². The van der Waals surface area contributed by atoms with Crippen LogP contribution in [0.5, 0.6) is 0 Å². The van der Waals surface area contributed by atoms with Gasteiger partial charge >= 0.3 is 0 Å². The van der Waals surface area contributed by atoms with E-state index in [9.17, 15) is 55.5 Å². The Kier molecular flexibility index (Phi) is 9.88. The summed E-state index contributed by atoms with van der Waals surface area (Å²) in [4.78, 5) is 26.2. The van der Waals surface area contributed by atoms with Crippen LogP contribution in [-0.2, 0) is 28.5 Å². The molecule has 49 heavy (non-hydrogen) atoms. The average Bonchev–Trinajstić information content (AvgIpc) is 3.50. The molecule has 6 rings (SSSR count). The van der Waals surface area contributed by atoms with Crippen molar-refractivity contribution in [3.63, 3.8) is 0 Å². The minimum atomic E-state index is -2.32. The molecule has 4 aliphatic carbocycles. The van der Waals surface area contributed by atoms with Crippen LogP contribution in [0.15, 0.2) is 23.8 Å². The van der Waals surface area contributed by atoms with E-state index in [1.54, 1.807) is 19.1 Å². The van der Waals surface area contributed by atoms with Gasteiger partial charge in [0, 0.05) is 16.7 Å². The first kappa shape index (κ1) is 37.1. The summed E-state index contributed by atoms with van der Waals surface area (Å²) in [6.45, 7) is 2.54. The number of ketones is 2. The highest BCUT2D eigenvalue weighted by Gasteiger charge is 2.69. The van der Waals surface area contributed by atoms with Crippen LogP contribution < -0.4 is 0 Å². The molecule has 0 radical (unpaired) electrons. The molecule has 2 saturated heterocycles. The lowest BCUT2D eigenvalue weighted by molar-refractivity contribution is -0.319. The number of aliphatic hydroxyl groups is 9. The maximum absolute atomic E-state index is 14.0. The fourth-order valence-corrected chi connectivity index (χ4v) is 10.3. The number of fused-ring (bicyclic) bond motifs is 5. The number of hydrogen-bond donors (Lipinski definition) is 9. The molecule has 9 N–H and O–H groups in total. The predicted octanol–water partition coefficient (Wildman–Crippen LogP) is -2.55. The maximum atomic E-state index is 14.0. The smallest absolute Gasteiger partial charge is 0.222 e. The van der Waals surface area contributed by atoms with Gasteiger partial charge in [-0.05, 0) is 55.6 Å². The summed E-state index contributed by atoms with van der Waals surface area (Å²) in [5, 5.41) is 95.7. The average molecular weight is 699 g/mol. The molecular weight excluding hydrogens is 648 g/mol. The SMILES string of the molecule is C[C@H]1C[C@@H]2[C@H]([C@@H](O)C[C@@]3(C)[C@H]2CC[C@]3(O)C(=O)COC2(CO)O[C@H](CO)C(O[C@@H]3OC(CO)[C@H](O)[C@@H](O)C3O)[C@H]2O)[C@@]2(C)C=CC(=O)C=C12. The fourth-order valence-electron chi connectivity index (χ4n) is 10.3. The van der Waals surface area contributed by atoms with E-state index < -0.39 is 110 Å². The second-order valence-electron chi connectivity index (χ2n) is 15.4. The van der Waals surface area contributed by atoms with Gasteiger partial charge in [0.25, 0.3) is 0 Å². The molecule has 0 spiro atoms. The number of allylic oxidation sites excluding steroid dienone is 4. The van der Waals surface area contributed by atoms with Gasteiger partial charge in [0.2, 0.25) is 5.79 Å². The largest absolute Gasteiger partial charge is 0.394 e. The van der Waals surface area contributed by atoms with Crippen molar-refractivity contribution in [1.29, 1.82) is 0 Å². The molecule has 276 valence electrons. The number of rotatable bonds is 9. The molecule has 6 aliphatic rings. The molecule has 5 fully saturated rings. The first-order chi connectivity index (χ1) is 23.0. The normalized spacial score (nSPS) is 52.4. The Labute approximate surface area is 283 Å².